The number of rotatable bonds is 21. The predicted octanol–water partition coefficient (Wildman–Crippen LogP) is 13.4. The monoisotopic (exact) mass is 820 g/mol. The zero-order valence-corrected chi connectivity index (χ0v) is 35.1. The van der Waals surface area contributed by atoms with E-state index >= 15 is 0 Å². The Morgan fingerprint density at radius 3 is 1.73 bits per heavy atom. The Balaban J connectivity index is 1.32. The molecule has 0 aliphatic rings. The van der Waals surface area contributed by atoms with Crippen molar-refractivity contribution in [2.75, 3.05) is 4.90 Å². The van der Waals surface area contributed by atoms with Crippen LogP contribution in [0, 0.1) is 0 Å². The highest BCUT2D eigenvalue weighted by atomic mass is 32.1. The van der Waals surface area contributed by atoms with Gasteiger partial charge >= 0.3 is 0 Å². The molecule has 0 aliphatic carbocycles. The standard InChI is InChI=1S/C49H48N4O4S2/c1-3-5-7-11-17-35-28-46(49-36(18-12-8-6-4-2)29-47(59-49)53(38-19-13-9-14-20-38)39-21-15-10-16-22-39)58-48(35)37-23-25-50-42(27-37)44-31-41(57-34-55)32-45(52-44)43-30-40(56-33-54)24-26-51-43/h9-10,13-16,19-34H,3-8,11-12,17-18H2,1-2H3. The number of hydrogen-bond donors (Lipinski definition) is 0. The maximum absolute atomic E-state index is 11.5. The highest BCUT2D eigenvalue weighted by molar-refractivity contribution is 7.25. The Morgan fingerprint density at radius 1 is 0.559 bits per heavy atom. The highest BCUT2D eigenvalue weighted by Gasteiger charge is 2.22. The van der Waals surface area contributed by atoms with Crippen molar-refractivity contribution in [2.45, 2.75) is 78.1 Å². The molecule has 7 aromatic rings. The zero-order chi connectivity index (χ0) is 40.8. The third kappa shape index (κ3) is 10.4. The van der Waals surface area contributed by atoms with Gasteiger partial charge in [0.2, 0.25) is 0 Å². The fourth-order valence-corrected chi connectivity index (χ4v) is 9.81. The lowest BCUT2D eigenvalue weighted by molar-refractivity contribution is -0.121. The number of aromatic nitrogens is 3. The number of hydrogen-bond acceptors (Lipinski definition) is 10. The minimum absolute atomic E-state index is 0.297. The van der Waals surface area contributed by atoms with Crippen LogP contribution in [0.2, 0.25) is 0 Å². The highest BCUT2D eigenvalue weighted by Crippen LogP contribution is 2.48. The van der Waals surface area contributed by atoms with E-state index in [1.54, 1.807) is 24.3 Å². The Hall–Kier alpha value is -5.97. The lowest BCUT2D eigenvalue weighted by Gasteiger charge is -2.23. The summed E-state index contributed by atoms with van der Waals surface area (Å²) in [5, 5.41) is 1.20. The fourth-order valence-electron chi connectivity index (χ4n) is 7.21. The molecule has 0 spiro atoms. The molecular weight excluding hydrogens is 773 g/mol. The van der Waals surface area contributed by atoms with Crippen LogP contribution in [-0.2, 0) is 22.4 Å². The number of ether oxygens (including phenoxy) is 2. The summed E-state index contributed by atoms with van der Waals surface area (Å²) in [6, 6.07) is 36.8. The minimum atomic E-state index is 0.297. The first-order chi connectivity index (χ1) is 29.1. The Labute approximate surface area is 354 Å². The van der Waals surface area contributed by atoms with Crippen molar-refractivity contribution in [1.29, 1.82) is 0 Å². The van der Waals surface area contributed by atoms with Gasteiger partial charge in [-0.15, -0.1) is 22.7 Å². The molecule has 0 bridgehead atoms. The molecule has 0 N–H and O–H groups in total. The van der Waals surface area contributed by atoms with Gasteiger partial charge in [-0.3, -0.25) is 19.6 Å². The number of thiophene rings is 2. The van der Waals surface area contributed by atoms with Gasteiger partial charge < -0.3 is 14.4 Å². The van der Waals surface area contributed by atoms with Crippen LogP contribution in [-0.4, -0.2) is 27.9 Å². The van der Waals surface area contributed by atoms with Gasteiger partial charge in [0.15, 0.2) is 0 Å². The van der Waals surface area contributed by atoms with Crippen LogP contribution in [0.1, 0.15) is 76.3 Å². The summed E-state index contributed by atoms with van der Waals surface area (Å²) in [6.45, 7) is 5.26. The number of pyridine rings is 3. The van der Waals surface area contributed by atoms with Gasteiger partial charge in [0.25, 0.3) is 12.9 Å². The molecule has 59 heavy (non-hydrogen) atoms. The molecule has 7 rings (SSSR count). The number of aryl methyl sites for hydroxylation is 2. The van der Waals surface area contributed by atoms with Gasteiger partial charge in [0.1, 0.15) is 16.5 Å². The van der Waals surface area contributed by atoms with Gasteiger partial charge in [-0.25, -0.2) is 4.98 Å². The van der Waals surface area contributed by atoms with E-state index in [9.17, 15) is 9.59 Å². The van der Waals surface area contributed by atoms with E-state index in [-0.39, 0.29) is 0 Å². The van der Waals surface area contributed by atoms with E-state index in [1.807, 2.05) is 28.9 Å². The van der Waals surface area contributed by atoms with Gasteiger partial charge in [-0.05, 0) is 97.0 Å². The van der Waals surface area contributed by atoms with Gasteiger partial charge in [-0.1, -0.05) is 88.8 Å². The second-order valence-corrected chi connectivity index (χ2v) is 16.4. The molecule has 0 saturated heterocycles. The summed E-state index contributed by atoms with van der Waals surface area (Å²) in [5.41, 5.74) is 8.08. The van der Waals surface area contributed by atoms with Crippen LogP contribution >= 0.6 is 22.7 Å². The largest absolute Gasteiger partial charge is 0.429 e. The van der Waals surface area contributed by atoms with E-state index in [0.29, 0.717) is 47.2 Å². The predicted molar refractivity (Wildman–Crippen MR) is 241 cm³/mol. The molecule has 0 saturated carbocycles. The summed E-state index contributed by atoms with van der Waals surface area (Å²) >= 11 is 3.72. The molecule has 8 nitrogen and oxygen atoms in total. The topological polar surface area (TPSA) is 94.5 Å². The molecule has 300 valence electrons. The smallest absolute Gasteiger partial charge is 0.298 e. The molecule has 2 aromatic carbocycles. The number of unbranched alkanes of at least 4 members (excludes halogenated alkanes) is 6. The van der Waals surface area contributed by atoms with Crippen molar-refractivity contribution in [2.24, 2.45) is 0 Å². The lowest BCUT2D eigenvalue weighted by atomic mass is 10.0. The van der Waals surface area contributed by atoms with Crippen molar-refractivity contribution >= 4 is 52.0 Å². The number of para-hydroxylation sites is 2. The zero-order valence-electron chi connectivity index (χ0n) is 33.5. The molecular formula is C49H48N4O4S2. The van der Waals surface area contributed by atoms with Crippen LogP contribution in [0.3, 0.4) is 0 Å². The summed E-state index contributed by atoms with van der Waals surface area (Å²) in [7, 11) is 0. The van der Waals surface area contributed by atoms with Crippen LogP contribution < -0.4 is 14.4 Å². The van der Waals surface area contributed by atoms with Crippen molar-refractivity contribution in [3.63, 3.8) is 0 Å². The van der Waals surface area contributed by atoms with Crippen molar-refractivity contribution in [3.8, 4) is 54.5 Å². The summed E-state index contributed by atoms with van der Waals surface area (Å²) < 4.78 is 10.4. The van der Waals surface area contributed by atoms with E-state index in [1.165, 1.54) is 75.5 Å². The van der Waals surface area contributed by atoms with Gasteiger partial charge in [-0.2, -0.15) is 0 Å². The van der Waals surface area contributed by atoms with E-state index in [4.69, 9.17) is 19.4 Å². The average Bonchev–Trinajstić information content (AvgIpc) is 3.89. The quantitative estimate of drug-likeness (QED) is 0.0522. The van der Waals surface area contributed by atoms with Crippen LogP contribution in [0.15, 0.2) is 122 Å². The number of benzene rings is 2. The molecule has 0 fully saturated rings. The van der Waals surface area contributed by atoms with E-state index in [0.717, 1.165) is 42.6 Å². The number of anilines is 3. The second kappa shape index (κ2) is 20.6. The fraction of sp³-hybridized carbons (Fsp3) is 0.245. The van der Waals surface area contributed by atoms with Crippen molar-refractivity contribution < 1.29 is 19.1 Å². The van der Waals surface area contributed by atoms with Crippen molar-refractivity contribution in [3.05, 3.63) is 133 Å². The molecule has 0 unspecified atom stereocenters. The normalized spacial score (nSPS) is 11.0. The SMILES string of the molecule is CCCCCCc1cc(-c2sc(N(c3ccccc3)c3ccccc3)cc2CCCCCC)sc1-c1ccnc(-c2cc(OC=O)cc(-c3cc(OC=O)ccn3)n2)c1. The van der Waals surface area contributed by atoms with Crippen LogP contribution in [0.5, 0.6) is 11.5 Å². The Bertz CT molecular complexity index is 2410. The first-order valence-electron chi connectivity index (χ1n) is 20.4. The first-order valence-corrected chi connectivity index (χ1v) is 22.0. The van der Waals surface area contributed by atoms with Crippen LogP contribution in [0.4, 0.5) is 16.4 Å². The molecule has 0 radical (unpaired) electrons. The number of carbonyl (C=O) groups excluding carboxylic acids is 2. The molecule has 5 aromatic heterocycles. The molecule has 0 aliphatic heterocycles. The van der Waals surface area contributed by atoms with Gasteiger partial charge in [0.05, 0.1) is 22.8 Å². The molecule has 5 heterocycles. The summed E-state index contributed by atoms with van der Waals surface area (Å²) in [6.07, 6.45) is 14.8. The number of carbonyl (C=O) groups is 2. The summed E-state index contributed by atoms with van der Waals surface area (Å²) in [4.78, 5) is 42.8. The number of nitrogens with zero attached hydrogens (tertiary/aromatic N) is 4. The Morgan fingerprint density at radius 2 is 1.12 bits per heavy atom. The van der Waals surface area contributed by atoms with Gasteiger partial charge in [0, 0.05) is 56.6 Å². The van der Waals surface area contributed by atoms with E-state index < -0.39 is 0 Å². The van der Waals surface area contributed by atoms with E-state index in [2.05, 4.69) is 109 Å². The van der Waals surface area contributed by atoms with Crippen LogP contribution in [0.25, 0.3) is 43.0 Å². The van der Waals surface area contributed by atoms with Crippen molar-refractivity contribution in [1.82, 2.24) is 15.0 Å². The second-order valence-electron chi connectivity index (χ2n) is 14.3. The minimum Gasteiger partial charge on any atom is -0.429 e. The lowest BCUT2D eigenvalue weighted by Crippen LogP contribution is -2.07. The third-order valence-corrected chi connectivity index (χ3v) is 12.7. The molecule has 0 amide bonds. The third-order valence-electron chi connectivity index (χ3n) is 10.1. The maximum Gasteiger partial charge on any atom is 0.298 e. The molecule has 10 heteroatoms. The molecule has 0 atom stereocenters. The summed E-state index contributed by atoms with van der Waals surface area (Å²) in [5.74, 6) is 0.621. The maximum atomic E-state index is 11.5. The average molecular weight is 821 g/mol. The first kappa shape index (κ1) is 41.2. The Kier molecular flexibility index (Phi) is 14.4.